The lowest BCUT2D eigenvalue weighted by Crippen LogP contribution is -2.53. The van der Waals surface area contributed by atoms with Gasteiger partial charge in [-0.1, -0.05) is 48.5 Å². The molecule has 7 nitrogen and oxygen atoms in total. The highest BCUT2D eigenvalue weighted by Crippen LogP contribution is 2.44. The van der Waals surface area contributed by atoms with E-state index < -0.39 is 22.9 Å². The highest BCUT2D eigenvalue weighted by molar-refractivity contribution is 8.00. The summed E-state index contributed by atoms with van der Waals surface area (Å²) in [5, 5.41) is 14.7. The fourth-order valence-electron chi connectivity index (χ4n) is 3.70. The van der Waals surface area contributed by atoms with Gasteiger partial charge in [0, 0.05) is 17.6 Å². The number of carboxylic acids is 1. The van der Waals surface area contributed by atoms with Gasteiger partial charge in [0.05, 0.1) is 5.88 Å². The van der Waals surface area contributed by atoms with Crippen molar-refractivity contribution in [3.63, 3.8) is 0 Å². The number of carbonyl (C=O) groups excluding carboxylic acids is 2. The second-order valence-electron chi connectivity index (χ2n) is 7.87. The van der Waals surface area contributed by atoms with Gasteiger partial charge >= 0.3 is 12.1 Å². The predicted octanol–water partition coefficient (Wildman–Crippen LogP) is 3.58. The first-order valence-corrected chi connectivity index (χ1v) is 10.9. The number of carbonyl (C=O) groups is 3. The lowest BCUT2D eigenvalue weighted by Gasteiger charge is -2.31. The average molecular weight is 443 g/mol. The molecule has 0 radical (unpaired) electrons. The maximum atomic E-state index is 12.5. The molecule has 0 aliphatic heterocycles. The molecule has 1 aliphatic carbocycles. The molecular weight excluding hydrogens is 416 g/mol. The van der Waals surface area contributed by atoms with Crippen LogP contribution in [0.25, 0.3) is 11.1 Å². The molecule has 2 amide bonds. The van der Waals surface area contributed by atoms with Crippen LogP contribution >= 0.6 is 11.8 Å². The number of thioether (sulfide) groups is 1. The van der Waals surface area contributed by atoms with Crippen LogP contribution in [-0.2, 0) is 14.3 Å². The third kappa shape index (κ3) is 5.19. The Hall–Kier alpha value is -3.00. The van der Waals surface area contributed by atoms with Gasteiger partial charge in [0.2, 0.25) is 5.91 Å². The molecule has 0 saturated carbocycles. The number of fused-ring (bicyclic) bond motifs is 3. The SMILES string of the molecule is CC(=O)NCSC(C)(C)[C@@H](NC(=O)OCC1c2ccccc2-c2ccccc21)C(=O)O. The number of nitrogens with one attached hydrogen (secondary N) is 2. The third-order valence-corrected chi connectivity index (χ3v) is 6.58. The van der Waals surface area contributed by atoms with Crippen molar-refractivity contribution in [3.05, 3.63) is 59.7 Å². The molecule has 8 heteroatoms. The summed E-state index contributed by atoms with van der Waals surface area (Å²) in [5.74, 6) is -1.25. The molecule has 0 bridgehead atoms. The summed E-state index contributed by atoms with van der Waals surface area (Å²) in [4.78, 5) is 35.4. The van der Waals surface area contributed by atoms with Crippen molar-refractivity contribution in [2.24, 2.45) is 0 Å². The number of hydrogen-bond donors (Lipinski definition) is 3. The number of amides is 2. The van der Waals surface area contributed by atoms with Gasteiger partial charge in [0.25, 0.3) is 0 Å². The summed E-state index contributed by atoms with van der Waals surface area (Å²) >= 11 is 1.23. The highest BCUT2D eigenvalue weighted by atomic mass is 32.2. The fraction of sp³-hybridized carbons (Fsp3) is 0.348. The first-order valence-electron chi connectivity index (χ1n) is 9.93. The molecule has 31 heavy (non-hydrogen) atoms. The van der Waals surface area contributed by atoms with Gasteiger partial charge in [0.1, 0.15) is 12.6 Å². The number of ether oxygens (including phenoxy) is 1. The number of hydrogen-bond acceptors (Lipinski definition) is 5. The van der Waals surface area contributed by atoms with E-state index in [-0.39, 0.29) is 24.3 Å². The van der Waals surface area contributed by atoms with Crippen LogP contribution < -0.4 is 10.6 Å². The zero-order chi connectivity index (χ0) is 22.6. The van der Waals surface area contributed by atoms with Gasteiger partial charge in [-0.3, -0.25) is 4.79 Å². The number of aliphatic carboxylic acids is 1. The summed E-state index contributed by atoms with van der Waals surface area (Å²) in [6.45, 7) is 4.88. The molecule has 1 atom stereocenters. The Morgan fingerprint density at radius 2 is 1.61 bits per heavy atom. The van der Waals surface area contributed by atoms with Crippen molar-refractivity contribution < 1.29 is 24.2 Å². The molecule has 0 heterocycles. The molecule has 2 aromatic rings. The van der Waals surface area contributed by atoms with Crippen LogP contribution in [0.2, 0.25) is 0 Å². The van der Waals surface area contributed by atoms with E-state index in [2.05, 4.69) is 10.6 Å². The van der Waals surface area contributed by atoms with E-state index in [1.54, 1.807) is 13.8 Å². The minimum Gasteiger partial charge on any atom is -0.480 e. The fourth-order valence-corrected chi connectivity index (χ4v) is 4.67. The van der Waals surface area contributed by atoms with Crippen LogP contribution in [0.15, 0.2) is 48.5 Å². The molecule has 3 N–H and O–H groups in total. The largest absolute Gasteiger partial charge is 0.480 e. The maximum Gasteiger partial charge on any atom is 0.407 e. The van der Waals surface area contributed by atoms with Crippen molar-refractivity contribution >= 4 is 29.7 Å². The Kier molecular flexibility index (Phi) is 6.90. The number of carboxylic acid groups (broad SMARTS) is 1. The monoisotopic (exact) mass is 442 g/mol. The van der Waals surface area contributed by atoms with E-state index in [1.165, 1.54) is 18.7 Å². The van der Waals surface area contributed by atoms with E-state index in [0.717, 1.165) is 22.3 Å². The summed E-state index contributed by atoms with van der Waals surface area (Å²) in [6, 6.07) is 14.8. The van der Waals surface area contributed by atoms with Crippen LogP contribution in [0.1, 0.15) is 37.8 Å². The van der Waals surface area contributed by atoms with Gasteiger partial charge in [-0.05, 0) is 36.1 Å². The van der Waals surface area contributed by atoms with Crippen molar-refractivity contribution in [3.8, 4) is 11.1 Å². The molecule has 164 valence electrons. The van der Waals surface area contributed by atoms with Crippen molar-refractivity contribution in [1.82, 2.24) is 10.6 Å². The van der Waals surface area contributed by atoms with Crippen LogP contribution in [0.3, 0.4) is 0 Å². The van der Waals surface area contributed by atoms with Crippen molar-refractivity contribution in [1.29, 1.82) is 0 Å². The lowest BCUT2D eigenvalue weighted by atomic mass is 9.98. The summed E-state index contributed by atoms with van der Waals surface area (Å²) in [6.07, 6.45) is -0.789. The average Bonchev–Trinajstić information content (AvgIpc) is 3.03. The normalized spacial score (nSPS) is 13.6. The van der Waals surface area contributed by atoms with Crippen molar-refractivity contribution in [2.45, 2.75) is 37.5 Å². The Morgan fingerprint density at radius 3 is 2.13 bits per heavy atom. The molecule has 0 fully saturated rings. The Labute approximate surface area is 185 Å². The van der Waals surface area contributed by atoms with Crippen LogP contribution in [0.4, 0.5) is 4.79 Å². The second-order valence-corrected chi connectivity index (χ2v) is 9.50. The summed E-state index contributed by atoms with van der Waals surface area (Å²) < 4.78 is 4.59. The van der Waals surface area contributed by atoms with Gasteiger partial charge in [-0.25, -0.2) is 9.59 Å². The first-order chi connectivity index (χ1) is 14.7. The van der Waals surface area contributed by atoms with Crippen molar-refractivity contribution in [2.75, 3.05) is 12.5 Å². The Bertz CT molecular complexity index is 946. The number of benzene rings is 2. The minimum atomic E-state index is -1.19. The van der Waals surface area contributed by atoms with Crippen LogP contribution in [0.5, 0.6) is 0 Å². The smallest absolute Gasteiger partial charge is 0.407 e. The minimum absolute atomic E-state index is 0.103. The van der Waals surface area contributed by atoms with Gasteiger partial charge in [0.15, 0.2) is 0 Å². The Balaban J connectivity index is 1.66. The molecule has 2 aromatic carbocycles. The standard InChI is InChI=1S/C23H26N2O5S/c1-14(26)24-13-31-23(2,3)20(21(27)28)25-22(29)30-12-19-17-10-6-4-8-15(17)16-9-5-7-11-18(16)19/h4-11,19-20H,12-13H2,1-3H3,(H,24,26)(H,25,29)(H,27,28)/t20-/m0/s1. The van der Waals surface area contributed by atoms with Gasteiger partial charge in [-0.2, -0.15) is 0 Å². The van der Waals surface area contributed by atoms with E-state index >= 15 is 0 Å². The number of rotatable bonds is 8. The molecule has 3 rings (SSSR count). The third-order valence-electron chi connectivity index (χ3n) is 5.31. The predicted molar refractivity (Wildman–Crippen MR) is 120 cm³/mol. The van der Waals surface area contributed by atoms with Gasteiger partial charge in [-0.15, -0.1) is 11.8 Å². The Morgan fingerprint density at radius 1 is 1.06 bits per heavy atom. The molecule has 0 unspecified atom stereocenters. The van der Waals surface area contributed by atoms with Crippen LogP contribution in [-0.4, -0.2) is 46.3 Å². The zero-order valence-corrected chi connectivity index (χ0v) is 18.5. The quantitative estimate of drug-likeness (QED) is 0.540. The van der Waals surface area contributed by atoms with Crippen LogP contribution in [0, 0.1) is 0 Å². The molecule has 0 aromatic heterocycles. The summed E-state index contributed by atoms with van der Waals surface area (Å²) in [5.41, 5.74) is 4.40. The zero-order valence-electron chi connectivity index (χ0n) is 17.7. The van der Waals surface area contributed by atoms with E-state index in [4.69, 9.17) is 4.74 Å². The molecule has 1 aliphatic rings. The van der Waals surface area contributed by atoms with E-state index in [0.29, 0.717) is 0 Å². The van der Waals surface area contributed by atoms with E-state index in [1.807, 2.05) is 48.5 Å². The molecular formula is C23H26N2O5S. The van der Waals surface area contributed by atoms with E-state index in [9.17, 15) is 19.5 Å². The lowest BCUT2D eigenvalue weighted by molar-refractivity contribution is -0.140. The second kappa shape index (κ2) is 9.43. The topological polar surface area (TPSA) is 105 Å². The number of alkyl carbamates (subject to hydrolysis) is 1. The molecule has 0 spiro atoms. The first kappa shape index (κ1) is 22.7. The summed E-state index contributed by atoms with van der Waals surface area (Å²) in [7, 11) is 0. The highest BCUT2D eigenvalue weighted by Gasteiger charge is 2.38. The maximum absolute atomic E-state index is 12.5. The van der Waals surface area contributed by atoms with Gasteiger partial charge < -0.3 is 20.5 Å². The molecule has 0 saturated heterocycles.